The van der Waals surface area contributed by atoms with E-state index >= 15 is 0 Å². The van der Waals surface area contributed by atoms with Crippen molar-refractivity contribution in [2.24, 2.45) is 0 Å². The lowest BCUT2D eigenvalue weighted by molar-refractivity contribution is 0.660. The van der Waals surface area contributed by atoms with Crippen LogP contribution in [0, 0.1) is 0 Å². The minimum absolute atomic E-state index is 0.112. The number of rotatable bonds is 10. The third-order valence-corrected chi connectivity index (χ3v) is 29.8. The fraction of sp³-hybridized carbons (Fsp3) is 0.0462. The monoisotopic (exact) mass is 1700 g/mol. The van der Waals surface area contributed by atoms with Gasteiger partial charge in [-0.25, -0.2) is 0 Å². The molecule has 0 aliphatic heterocycles. The Labute approximate surface area is 776 Å². The molecule has 0 amide bonds. The Morgan fingerprint density at radius 1 is 0.179 bits per heavy atom. The summed E-state index contributed by atoms with van der Waals surface area (Å²) in [6, 6.07) is 172. The zero-order chi connectivity index (χ0) is 88.8. The molecule has 4 heteroatoms. The highest BCUT2D eigenvalue weighted by Gasteiger charge is 2.38. The Morgan fingerprint density at radius 3 is 0.985 bits per heavy atom. The van der Waals surface area contributed by atoms with E-state index < -0.39 is 0 Å². The van der Waals surface area contributed by atoms with Crippen molar-refractivity contribution in [2.45, 2.75) is 38.5 Å². The van der Waals surface area contributed by atoms with Crippen LogP contribution in [-0.4, -0.2) is 9.13 Å². The van der Waals surface area contributed by atoms with Crippen LogP contribution in [0.1, 0.15) is 49.9 Å². The Balaban J connectivity index is 0.000000136. The van der Waals surface area contributed by atoms with Crippen molar-refractivity contribution in [2.75, 3.05) is 9.80 Å². The summed E-state index contributed by atoms with van der Waals surface area (Å²) in [6.07, 6.45) is 0. The van der Waals surface area contributed by atoms with Crippen molar-refractivity contribution in [1.82, 2.24) is 9.13 Å². The molecule has 0 radical (unpaired) electrons. The zero-order valence-electron chi connectivity index (χ0n) is 74.7. The zero-order valence-corrected chi connectivity index (χ0v) is 74.7. The second-order valence-electron chi connectivity index (χ2n) is 37.7. The Bertz CT molecular complexity index is 9460. The summed E-state index contributed by atoms with van der Waals surface area (Å²) in [7, 11) is 0. The van der Waals surface area contributed by atoms with Crippen molar-refractivity contribution >= 4 is 185 Å². The number of para-hydroxylation sites is 2. The lowest BCUT2D eigenvalue weighted by Crippen LogP contribution is -2.16. The molecule has 24 aromatic carbocycles. The van der Waals surface area contributed by atoms with Gasteiger partial charge in [-0.05, 0) is 263 Å². The van der Waals surface area contributed by atoms with E-state index in [-0.39, 0.29) is 10.8 Å². The molecule has 0 fully saturated rings. The molecule has 628 valence electrons. The molecule has 2 aliphatic rings. The number of aromatic nitrogens is 2. The van der Waals surface area contributed by atoms with Gasteiger partial charge in [-0.1, -0.05) is 373 Å². The van der Waals surface area contributed by atoms with Crippen LogP contribution < -0.4 is 9.80 Å². The number of anilines is 6. The molecule has 0 saturated heterocycles. The molecule has 2 heterocycles. The van der Waals surface area contributed by atoms with Crippen molar-refractivity contribution in [3.63, 3.8) is 0 Å². The molecule has 0 spiro atoms. The first kappa shape index (κ1) is 77.1. The second kappa shape index (κ2) is 29.8. The standard InChI is InChI=1S/2C65H44N2/c1-65(2)59-25-13-11-21-52(59)53-36-35-49(39-60(53)65)66(47-33-27-41-15-3-5-17-44(41)37-47)46-31-29-43(30-32-46)57-40-58-51-20-8-10-23-55(51)64-63(62(58)54-22-9-7-19-50(54)57)56-24-12-14-26-61(56)67(64)48-34-28-42-16-4-6-18-45(42)38-48;1-65(2)58-27-13-11-23-51(58)52-37-36-47(39-59(52)65)66(60-29-15-19-42-17-5-6-20-48(42)60)45-33-31-43(32-34-45)56-40-57-50-22-8-10-25-54(50)64-63(62(57)53-24-9-7-21-49(53)56)55-26-12-14-28-61(55)67(64)46-35-30-41-16-3-4-18-44(41)38-46/h2*3-40H,1-2H3. The van der Waals surface area contributed by atoms with Gasteiger partial charge in [-0.2, -0.15) is 0 Å². The largest absolute Gasteiger partial charge is 0.310 e. The van der Waals surface area contributed by atoms with Crippen LogP contribution >= 0.6 is 0 Å². The normalized spacial score (nSPS) is 13.0. The molecular formula is C130H88N4. The van der Waals surface area contributed by atoms with Crippen LogP contribution in [-0.2, 0) is 10.8 Å². The number of hydrogen-bond donors (Lipinski definition) is 0. The first-order valence-electron chi connectivity index (χ1n) is 46.8. The third kappa shape index (κ3) is 11.7. The van der Waals surface area contributed by atoms with Gasteiger partial charge in [-0.15, -0.1) is 0 Å². The molecule has 28 rings (SSSR count). The highest BCUT2D eigenvalue weighted by molar-refractivity contribution is 6.40. The lowest BCUT2D eigenvalue weighted by Gasteiger charge is -2.29. The molecule has 0 atom stereocenters. The average Bonchev–Trinajstić information content (AvgIpc) is 1.50. The first-order chi connectivity index (χ1) is 66.0. The van der Waals surface area contributed by atoms with Crippen LogP contribution in [0.4, 0.5) is 34.1 Å². The highest BCUT2D eigenvalue weighted by Crippen LogP contribution is 2.56. The maximum atomic E-state index is 2.50. The molecule has 0 bridgehead atoms. The van der Waals surface area contributed by atoms with E-state index in [1.807, 2.05) is 0 Å². The lowest BCUT2D eigenvalue weighted by atomic mass is 9.82. The SMILES string of the molecule is CC1(C)c2ccccc2-c2ccc(N(c3ccc(-c4cc5c6ccccc6c6c(c7ccccc7n6-c6ccc7ccccc7c6)c5c5ccccc45)cc3)c3ccc4ccccc4c3)cc21.CC1(C)c2ccccc2-c2ccc(N(c3ccc(-c4cc5c6ccccc6c6c(c7ccccc7n6-c6ccc7ccccc7c6)c5c5ccccc45)cc3)c3cccc4ccccc34)cc21. The molecule has 2 aromatic heterocycles. The van der Waals surface area contributed by atoms with Crippen LogP contribution in [0.2, 0.25) is 0 Å². The third-order valence-electron chi connectivity index (χ3n) is 29.8. The van der Waals surface area contributed by atoms with Gasteiger partial charge in [0.1, 0.15) is 0 Å². The van der Waals surface area contributed by atoms with Gasteiger partial charge >= 0.3 is 0 Å². The molecule has 26 aromatic rings. The van der Waals surface area contributed by atoms with Gasteiger partial charge in [0.25, 0.3) is 0 Å². The molecule has 134 heavy (non-hydrogen) atoms. The number of benzene rings is 24. The first-order valence-corrected chi connectivity index (χ1v) is 46.8. The average molecular weight is 1710 g/mol. The van der Waals surface area contributed by atoms with E-state index in [2.05, 4.69) is 508 Å². The van der Waals surface area contributed by atoms with Crippen LogP contribution in [0.15, 0.2) is 461 Å². The quantitative estimate of drug-likeness (QED) is 0.127. The Kier molecular flexibility index (Phi) is 17.1. The maximum absolute atomic E-state index is 2.50. The van der Waals surface area contributed by atoms with Crippen LogP contribution in [0.5, 0.6) is 0 Å². The van der Waals surface area contributed by atoms with Gasteiger partial charge in [0.05, 0.1) is 27.8 Å². The van der Waals surface area contributed by atoms with Gasteiger partial charge in [0.15, 0.2) is 0 Å². The number of fused-ring (bicyclic) bond motifs is 30. The molecule has 0 saturated carbocycles. The van der Waals surface area contributed by atoms with Gasteiger partial charge in [0.2, 0.25) is 0 Å². The van der Waals surface area contributed by atoms with Crippen molar-refractivity contribution in [1.29, 1.82) is 0 Å². The predicted octanol–water partition coefficient (Wildman–Crippen LogP) is 36.0. The minimum Gasteiger partial charge on any atom is -0.310 e. The van der Waals surface area contributed by atoms with E-state index in [0.29, 0.717) is 0 Å². The fourth-order valence-electron chi connectivity index (χ4n) is 23.5. The van der Waals surface area contributed by atoms with Crippen LogP contribution in [0.25, 0.3) is 207 Å². The highest BCUT2D eigenvalue weighted by atomic mass is 15.1. The fourth-order valence-corrected chi connectivity index (χ4v) is 23.5. The van der Waals surface area contributed by atoms with Crippen molar-refractivity contribution < 1.29 is 0 Å². The van der Waals surface area contributed by atoms with Crippen molar-refractivity contribution in [3.8, 4) is 55.9 Å². The molecule has 0 N–H and O–H groups in total. The summed E-state index contributed by atoms with van der Waals surface area (Å²) in [6.45, 7) is 9.45. The molecule has 2 aliphatic carbocycles. The summed E-state index contributed by atoms with van der Waals surface area (Å²) in [5, 5.41) is 30.1. The molecule has 0 unspecified atom stereocenters. The summed E-state index contributed by atoms with van der Waals surface area (Å²) < 4.78 is 5.01. The summed E-state index contributed by atoms with van der Waals surface area (Å²) >= 11 is 0. The predicted molar refractivity (Wildman–Crippen MR) is 572 cm³/mol. The van der Waals surface area contributed by atoms with E-state index in [1.165, 1.54) is 229 Å². The van der Waals surface area contributed by atoms with E-state index in [9.17, 15) is 0 Å². The summed E-state index contributed by atoms with van der Waals surface area (Å²) in [5.74, 6) is 0. The summed E-state index contributed by atoms with van der Waals surface area (Å²) in [4.78, 5) is 4.89. The van der Waals surface area contributed by atoms with Crippen LogP contribution in [0.3, 0.4) is 0 Å². The molecule has 4 nitrogen and oxygen atoms in total. The van der Waals surface area contributed by atoms with Gasteiger partial charge < -0.3 is 18.9 Å². The van der Waals surface area contributed by atoms with E-state index in [4.69, 9.17) is 0 Å². The minimum atomic E-state index is -0.117. The molecular weight excluding hydrogens is 1620 g/mol. The second-order valence-corrected chi connectivity index (χ2v) is 37.7. The summed E-state index contributed by atoms with van der Waals surface area (Å²) in [5.41, 5.74) is 29.5. The maximum Gasteiger partial charge on any atom is 0.0626 e. The number of nitrogens with zero attached hydrogens (tertiary/aromatic N) is 4. The Hall–Kier alpha value is -16.9. The number of hydrogen-bond acceptors (Lipinski definition) is 2. The Morgan fingerprint density at radius 2 is 0.507 bits per heavy atom. The van der Waals surface area contributed by atoms with Crippen molar-refractivity contribution in [3.05, 3.63) is 483 Å². The smallest absolute Gasteiger partial charge is 0.0626 e. The van der Waals surface area contributed by atoms with Gasteiger partial charge in [0, 0.05) is 99.1 Å². The topological polar surface area (TPSA) is 16.3 Å². The van der Waals surface area contributed by atoms with E-state index in [1.54, 1.807) is 0 Å². The van der Waals surface area contributed by atoms with Gasteiger partial charge in [-0.3, -0.25) is 0 Å². The van der Waals surface area contributed by atoms with E-state index in [0.717, 1.165) is 34.1 Å².